The molecule has 0 unspecified atom stereocenters. The lowest BCUT2D eigenvalue weighted by Crippen LogP contribution is -2.39. The van der Waals surface area contributed by atoms with Gasteiger partial charge in [0.2, 0.25) is 0 Å². The second kappa shape index (κ2) is 5.23. The molecule has 1 aliphatic heterocycles. The van der Waals surface area contributed by atoms with E-state index in [-0.39, 0.29) is 6.09 Å². The molecular weight excluding hydrogens is 280 g/mol. The Bertz CT molecular complexity index is 712. The molecule has 22 heavy (non-hydrogen) atoms. The van der Waals surface area contributed by atoms with E-state index < -0.39 is 5.60 Å². The van der Waals surface area contributed by atoms with Crippen LogP contribution in [0.25, 0.3) is 10.9 Å². The SMILES string of the molecule is COc1ccc2[nH]c3c(c2c1)CCN(C(=O)OC(C)(C)C)C3. The zero-order valence-corrected chi connectivity index (χ0v) is 13.5. The smallest absolute Gasteiger partial charge is 0.410 e. The molecule has 1 amide bonds. The monoisotopic (exact) mass is 302 g/mol. The van der Waals surface area contributed by atoms with Crippen LogP contribution in [0.4, 0.5) is 4.79 Å². The van der Waals surface area contributed by atoms with Crippen molar-refractivity contribution >= 4 is 17.0 Å². The second-order valence-corrected chi connectivity index (χ2v) is 6.65. The maximum atomic E-state index is 12.2. The van der Waals surface area contributed by atoms with Crippen molar-refractivity contribution in [2.75, 3.05) is 13.7 Å². The second-order valence-electron chi connectivity index (χ2n) is 6.65. The molecule has 0 aliphatic carbocycles. The molecule has 1 aromatic heterocycles. The van der Waals surface area contributed by atoms with Crippen LogP contribution in [0.15, 0.2) is 18.2 Å². The van der Waals surface area contributed by atoms with E-state index in [1.54, 1.807) is 12.0 Å². The van der Waals surface area contributed by atoms with Gasteiger partial charge in [-0.1, -0.05) is 0 Å². The average molecular weight is 302 g/mol. The fraction of sp³-hybridized carbons (Fsp3) is 0.471. The van der Waals surface area contributed by atoms with Gasteiger partial charge in [0.05, 0.1) is 13.7 Å². The van der Waals surface area contributed by atoms with E-state index in [2.05, 4.69) is 4.98 Å². The first-order valence-electron chi connectivity index (χ1n) is 7.53. The summed E-state index contributed by atoms with van der Waals surface area (Å²) in [4.78, 5) is 17.4. The summed E-state index contributed by atoms with van der Waals surface area (Å²) in [6.45, 7) is 6.88. The molecule has 1 aromatic carbocycles. The molecule has 0 saturated heterocycles. The van der Waals surface area contributed by atoms with Gasteiger partial charge in [-0.2, -0.15) is 0 Å². The summed E-state index contributed by atoms with van der Waals surface area (Å²) in [6.07, 6.45) is 0.566. The summed E-state index contributed by atoms with van der Waals surface area (Å²) < 4.78 is 10.8. The van der Waals surface area contributed by atoms with Crippen molar-refractivity contribution in [3.8, 4) is 5.75 Å². The minimum Gasteiger partial charge on any atom is -0.497 e. The number of hydrogen-bond donors (Lipinski definition) is 1. The van der Waals surface area contributed by atoms with Crippen LogP contribution in [-0.4, -0.2) is 35.2 Å². The number of benzene rings is 1. The molecule has 2 heterocycles. The fourth-order valence-corrected chi connectivity index (χ4v) is 2.83. The number of carbonyl (C=O) groups excluding carboxylic acids is 1. The Morgan fingerprint density at radius 2 is 2.09 bits per heavy atom. The van der Waals surface area contributed by atoms with Crippen LogP contribution in [0, 0.1) is 0 Å². The van der Waals surface area contributed by atoms with Crippen LogP contribution in [0.5, 0.6) is 5.75 Å². The molecule has 118 valence electrons. The first-order chi connectivity index (χ1) is 10.4. The number of nitrogens with one attached hydrogen (secondary N) is 1. The highest BCUT2D eigenvalue weighted by Gasteiger charge is 2.27. The third-order valence-electron chi connectivity index (χ3n) is 3.83. The van der Waals surface area contributed by atoms with Crippen LogP contribution in [0.2, 0.25) is 0 Å². The van der Waals surface area contributed by atoms with Gasteiger partial charge < -0.3 is 19.4 Å². The number of carbonyl (C=O) groups is 1. The van der Waals surface area contributed by atoms with Gasteiger partial charge in [-0.05, 0) is 51.0 Å². The maximum Gasteiger partial charge on any atom is 0.410 e. The highest BCUT2D eigenvalue weighted by Crippen LogP contribution is 2.30. The number of rotatable bonds is 1. The molecular formula is C17H22N2O3. The number of ether oxygens (including phenoxy) is 2. The number of nitrogens with zero attached hydrogens (tertiary/aromatic N) is 1. The highest BCUT2D eigenvalue weighted by molar-refractivity contribution is 5.86. The summed E-state index contributed by atoms with van der Waals surface area (Å²) in [7, 11) is 1.67. The summed E-state index contributed by atoms with van der Waals surface area (Å²) in [5, 5.41) is 1.18. The first kappa shape index (κ1) is 14.8. The number of aromatic nitrogens is 1. The molecule has 0 bridgehead atoms. The molecule has 0 fully saturated rings. The number of hydrogen-bond acceptors (Lipinski definition) is 3. The molecule has 3 rings (SSSR count). The number of fused-ring (bicyclic) bond motifs is 3. The molecule has 0 radical (unpaired) electrons. The Kier molecular flexibility index (Phi) is 3.51. The Balaban J connectivity index is 1.86. The summed E-state index contributed by atoms with van der Waals surface area (Å²) in [5.74, 6) is 0.851. The highest BCUT2D eigenvalue weighted by atomic mass is 16.6. The minimum absolute atomic E-state index is 0.255. The lowest BCUT2D eigenvalue weighted by molar-refractivity contribution is 0.0222. The zero-order valence-electron chi connectivity index (χ0n) is 13.5. The van der Waals surface area contributed by atoms with Crippen LogP contribution in [-0.2, 0) is 17.7 Å². The fourth-order valence-electron chi connectivity index (χ4n) is 2.83. The van der Waals surface area contributed by atoms with Crippen LogP contribution in [0.1, 0.15) is 32.0 Å². The van der Waals surface area contributed by atoms with E-state index >= 15 is 0 Å². The number of methoxy groups -OCH3 is 1. The summed E-state index contributed by atoms with van der Waals surface area (Å²) in [6, 6.07) is 6.01. The van der Waals surface area contributed by atoms with Crippen molar-refractivity contribution in [2.24, 2.45) is 0 Å². The van der Waals surface area contributed by atoms with Crippen molar-refractivity contribution in [1.29, 1.82) is 0 Å². The third kappa shape index (κ3) is 2.75. The molecule has 1 aliphatic rings. The number of amides is 1. The van der Waals surface area contributed by atoms with E-state index in [0.29, 0.717) is 13.1 Å². The van der Waals surface area contributed by atoms with Crippen molar-refractivity contribution in [2.45, 2.75) is 39.3 Å². The van der Waals surface area contributed by atoms with Gasteiger partial charge >= 0.3 is 6.09 Å². The van der Waals surface area contributed by atoms with Gasteiger partial charge in [0.25, 0.3) is 0 Å². The van der Waals surface area contributed by atoms with Gasteiger partial charge in [-0.25, -0.2) is 4.79 Å². The van der Waals surface area contributed by atoms with Crippen LogP contribution >= 0.6 is 0 Å². The van der Waals surface area contributed by atoms with Gasteiger partial charge in [0.15, 0.2) is 0 Å². The molecule has 2 aromatic rings. The van der Waals surface area contributed by atoms with E-state index in [0.717, 1.165) is 23.4 Å². The topological polar surface area (TPSA) is 54.6 Å². The Labute approximate surface area is 130 Å². The number of aromatic amines is 1. The number of H-pyrrole nitrogens is 1. The van der Waals surface area contributed by atoms with E-state index in [1.165, 1.54) is 10.9 Å². The van der Waals surface area contributed by atoms with Gasteiger partial charge in [0, 0.05) is 23.1 Å². The summed E-state index contributed by atoms with van der Waals surface area (Å²) >= 11 is 0. The minimum atomic E-state index is -0.467. The molecule has 0 atom stereocenters. The van der Waals surface area contributed by atoms with Crippen molar-refractivity contribution in [3.63, 3.8) is 0 Å². The van der Waals surface area contributed by atoms with Crippen molar-refractivity contribution in [3.05, 3.63) is 29.5 Å². The molecule has 0 spiro atoms. The molecule has 5 heteroatoms. The van der Waals surface area contributed by atoms with Gasteiger partial charge in [0.1, 0.15) is 11.4 Å². The Morgan fingerprint density at radius 1 is 1.32 bits per heavy atom. The van der Waals surface area contributed by atoms with Crippen LogP contribution < -0.4 is 4.74 Å². The average Bonchev–Trinajstić information content (AvgIpc) is 2.82. The normalized spacial score (nSPS) is 14.8. The Hall–Kier alpha value is -2.17. The third-order valence-corrected chi connectivity index (χ3v) is 3.83. The van der Waals surface area contributed by atoms with E-state index in [1.807, 2.05) is 39.0 Å². The van der Waals surface area contributed by atoms with Crippen molar-refractivity contribution in [1.82, 2.24) is 9.88 Å². The lowest BCUT2D eigenvalue weighted by Gasteiger charge is -2.30. The summed E-state index contributed by atoms with van der Waals surface area (Å²) in [5.41, 5.74) is 2.97. The first-order valence-corrected chi connectivity index (χ1v) is 7.53. The van der Waals surface area contributed by atoms with E-state index in [9.17, 15) is 4.79 Å². The largest absolute Gasteiger partial charge is 0.497 e. The molecule has 0 saturated carbocycles. The van der Waals surface area contributed by atoms with Gasteiger partial charge in [-0.15, -0.1) is 0 Å². The molecule has 1 N–H and O–H groups in total. The molecule has 5 nitrogen and oxygen atoms in total. The van der Waals surface area contributed by atoms with Crippen LogP contribution in [0.3, 0.4) is 0 Å². The zero-order chi connectivity index (χ0) is 15.9. The van der Waals surface area contributed by atoms with Crippen molar-refractivity contribution < 1.29 is 14.3 Å². The van der Waals surface area contributed by atoms with E-state index in [4.69, 9.17) is 9.47 Å². The maximum absolute atomic E-state index is 12.2. The quantitative estimate of drug-likeness (QED) is 0.877. The lowest BCUT2D eigenvalue weighted by atomic mass is 10.0. The predicted octanol–water partition coefficient (Wildman–Crippen LogP) is 3.47. The standard InChI is InChI=1S/C17H22N2O3/c1-17(2,3)22-16(20)19-8-7-12-13-9-11(21-4)5-6-14(13)18-15(12)10-19/h5-6,9,18H,7-8,10H2,1-4H3. The Morgan fingerprint density at radius 3 is 2.77 bits per heavy atom. The van der Waals surface area contributed by atoms with Gasteiger partial charge in [-0.3, -0.25) is 0 Å². The predicted molar refractivity (Wildman–Crippen MR) is 85.2 cm³/mol.